The van der Waals surface area contributed by atoms with Gasteiger partial charge >= 0.3 is 0 Å². The minimum atomic E-state index is 0.910. The van der Waals surface area contributed by atoms with Gasteiger partial charge in [-0.05, 0) is 5.56 Å². The zero-order valence-electron chi connectivity index (χ0n) is 11.0. The van der Waals surface area contributed by atoms with Crippen LogP contribution in [0.2, 0.25) is 0 Å². The third-order valence-corrected chi connectivity index (χ3v) is 3.49. The molecule has 3 rings (SSSR count). The monoisotopic (exact) mass is 257 g/mol. The molecule has 1 aliphatic rings. The summed E-state index contributed by atoms with van der Waals surface area (Å²) in [7, 11) is 0. The molecule has 1 aliphatic heterocycles. The Labute approximate surface area is 113 Å². The number of hydrogen-bond acceptors (Lipinski definition) is 4. The Hall–Kier alpha value is -1.72. The van der Waals surface area contributed by atoms with E-state index in [-0.39, 0.29) is 0 Å². The van der Waals surface area contributed by atoms with Gasteiger partial charge in [-0.15, -0.1) is 10.2 Å². The molecule has 0 radical (unpaired) electrons. The molecule has 5 nitrogen and oxygen atoms in total. The zero-order valence-corrected chi connectivity index (χ0v) is 11.0. The van der Waals surface area contributed by atoms with Crippen LogP contribution in [-0.4, -0.2) is 39.3 Å². The lowest BCUT2D eigenvalue weighted by atomic mass is 10.2. The lowest BCUT2D eigenvalue weighted by Gasteiger charge is -2.26. The number of nitrogens with zero attached hydrogens (tertiary/aromatic N) is 4. The minimum absolute atomic E-state index is 0.910. The first kappa shape index (κ1) is 12.3. The van der Waals surface area contributed by atoms with Gasteiger partial charge in [0, 0.05) is 32.7 Å². The highest BCUT2D eigenvalue weighted by Crippen LogP contribution is 2.07. The van der Waals surface area contributed by atoms with Crippen LogP contribution in [0.4, 0.5) is 0 Å². The molecule has 2 heterocycles. The number of benzene rings is 1. The lowest BCUT2D eigenvalue weighted by molar-refractivity contribution is 0.217. The van der Waals surface area contributed by atoms with Gasteiger partial charge in [0.15, 0.2) is 0 Å². The van der Waals surface area contributed by atoms with Crippen LogP contribution in [0.15, 0.2) is 36.7 Å². The average molecular weight is 257 g/mol. The molecule has 0 saturated heterocycles. The molecule has 0 spiro atoms. The van der Waals surface area contributed by atoms with Crippen LogP contribution in [0.1, 0.15) is 11.4 Å². The molecule has 0 unspecified atom stereocenters. The Bertz CT molecular complexity index is 508. The van der Waals surface area contributed by atoms with Crippen molar-refractivity contribution in [1.82, 2.24) is 25.0 Å². The zero-order chi connectivity index (χ0) is 12.9. The van der Waals surface area contributed by atoms with E-state index in [1.807, 2.05) is 12.4 Å². The second-order valence-corrected chi connectivity index (χ2v) is 4.88. The van der Waals surface area contributed by atoms with E-state index in [2.05, 4.69) is 49.2 Å². The summed E-state index contributed by atoms with van der Waals surface area (Å²) in [5.41, 5.74) is 1.33. The van der Waals surface area contributed by atoms with Crippen LogP contribution in [0.3, 0.4) is 0 Å². The predicted octanol–water partition coefficient (Wildman–Crippen LogP) is 0.883. The maximum Gasteiger partial charge on any atom is 0.147 e. The van der Waals surface area contributed by atoms with Crippen molar-refractivity contribution in [3.63, 3.8) is 0 Å². The number of nitrogens with one attached hydrogen (secondary N) is 1. The first-order valence-electron chi connectivity index (χ1n) is 6.75. The van der Waals surface area contributed by atoms with Crippen LogP contribution < -0.4 is 5.32 Å². The standard InChI is InChI=1S/C14H19N5/c1-2-4-13(5-3-1)10-15-6-7-18-8-9-19-12-16-17-14(19)11-18/h1-5,12,15H,6-11H2. The first-order valence-corrected chi connectivity index (χ1v) is 6.75. The highest BCUT2D eigenvalue weighted by atomic mass is 15.3. The van der Waals surface area contributed by atoms with Crippen molar-refractivity contribution < 1.29 is 0 Å². The molecule has 5 heteroatoms. The Morgan fingerprint density at radius 1 is 1.16 bits per heavy atom. The summed E-state index contributed by atoms with van der Waals surface area (Å²) in [6.45, 7) is 5.99. The van der Waals surface area contributed by atoms with E-state index in [9.17, 15) is 0 Å². The Balaban J connectivity index is 1.40. The second kappa shape index (κ2) is 5.95. The summed E-state index contributed by atoms with van der Waals surface area (Å²) in [5, 5.41) is 11.6. The average Bonchev–Trinajstić information content (AvgIpc) is 2.92. The van der Waals surface area contributed by atoms with E-state index in [1.54, 1.807) is 0 Å². The number of aromatic nitrogens is 3. The molecule has 2 aromatic rings. The summed E-state index contributed by atoms with van der Waals surface area (Å²) in [6.07, 6.45) is 1.82. The highest BCUT2D eigenvalue weighted by Gasteiger charge is 2.16. The molecule has 19 heavy (non-hydrogen) atoms. The van der Waals surface area contributed by atoms with Crippen molar-refractivity contribution in [3.8, 4) is 0 Å². The van der Waals surface area contributed by atoms with E-state index < -0.39 is 0 Å². The smallest absolute Gasteiger partial charge is 0.147 e. The van der Waals surface area contributed by atoms with Gasteiger partial charge in [0.1, 0.15) is 12.2 Å². The molecule has 0 aliphatic carbocycles. The van der Waals surface area contributed by atoms with Crippen LogP contribution in [0.25, 0.3) is 0 Å². The second-order valence-electron chi connectivity index (χ2n) is 4.88. The molecule has 1 aromatic heterocycles. The molecule has 1 aromatic carbocycles. The number of fused-ring (bicyclic) bond motifs is 1. The summed E-state index contributed by atoms with van der Waals surface area (Å²) in [5.74, 6) is 1.08. The van der Waals surface area contributed by atoms with Crippen molar-refractivity contribution in [2.24, 2.45) is 0 Å². The maximum atomic E-state index is 4.13. The molecule has 0 saturated carbocycles. The fourth-order valence-corrected chi connectivity index (χ4v) is 2.37. The Morgan fingerprint density at radius 3 is 2.95 bits per heavy atom. The molecule has 0 fully saturated rings. The van der Waals surface area contributed by atoms with Crippen molar-refractivity contribution >= 4 is 0 Å². The van der Waals surface area contributed by atoms with E-state index in [0.717, 1.165) is 45.1 Å². The van der Waals surface area contributed by atoms with Gasteiger partial charge in [0.05, 0.1) is 6.54 Å². The molecule has 0 amide bonds. The quantitative estimate of drug-likeness (QED) is 0.808. The fraction of sp³-hybridized carbons (Fsp3) is 0.429. The van der Waals surface area contributed by atoms with E-state index in [0.29, 0.717) is 0 Å². The molecule has 1 N–H and O–H groups in total. The van der Waals surface area contributed by atoms with Gasteiger partial charge in [0.2, 0.25) is 0 Å². The lowest BCUT2D eigenvalue weighted by Crippen LogP contribution is -2.38. The van der Waals surface area contributed by atoms with Gasteiger partial charge in [-0.1, -0.05) is 30.3 Å². The van der Waals surface area contributed by atoms with Crippen LogP contribution in [-0.2, 0) is 19.6 Å². The normalized spacial score (nSPS) is 15.4. The van der Waals surface area contributed by atoms with Crippen LogP contribution >= 0.6 is 0 Å². The third kappa shape index (κ3) is 3.19. The SMILES string of the molecule is c1ccc(CNCCN2CCn3cnnc3C2)cc1. The van der Waals surface area contributed by atoms with Gasteiger partial charge in [0.25, 0.3) is 0 Å². The van der Waals surface area contributed by atoms with Crippen molar-refractivity contribution in [1.29, 1.82) is 0 Å². The maximum absolute atomic E-state index is 4.13. The van der Waals surface area contributed by atoms with Crippen molar-refractivity contribution in [3.05, 3.63) is 48.0 Å². The molecular formula is C14H19N5. The third-order valence-electron chi connectivity index (χ3n) is 3.49. The molecule has 100 valence electrons. The van der Waals surface area contributed by atoms with Gasteiger partial charge in [-0.3, -0.25) is 4.90 Å². The Kier molecular flexibility index (Phi) is 3.86. The fourth-order valence-electron chi connectivity index (χ4n) is 2.37. The Morgan fingerprint density at radius 2 is 2.05 bits per heavy atom. The molecule has 0 atom stereocenters. The van der Waals surface area contributed by atoms with Gasteiger partial charge in [-0.2, -0.15) is 0 Å². The van der Waals surface area contributed by atoms with Crippen molar-refractivity contribution in [2.45, 2.75) is 19.6 Å². The van der Waals surface area contributed by atoms with Crippen LogP contribution in [0, 0.1) is 0 Å². The first-order chi connectivity index (χ1) is 9.42. The van der Waals surface area contributed by atoms with Gasteiger partial charge in [-0.25, -0.2) is 0 Å². The number of hydrogen-bond donors (Lipinski definition) is 1. The predicted molar refractivity (Wildman–Crippen MR) is 73.4 cm³/mol. The highest BCUT2D eigenvalue weighted by molar-refractivity contribution is 5.14. The molecular weight excluding hydrogens is 238 g/mol. The number of rotatable bonds is 5. The largest absolute Gasteiger partial charge is 0.315 e. The minimum Gasteiger partial charge on any atom is -0.315 e. The van der Waals surface area contributed by atoms with Gasteiger partial charge < -0.3 is 9.88 Å². The van der Waals surface area contributed by atoms with E-state index >= 15 is 0 Å². The topological polar surface area (TPSA) is 46.0 Å². The summed E-state index contributed by atoms with van der Waals surface area (Å²) >= 11 is 0. The summed E-state index contributed by atoms with van der Waals surface area (Å²) in [4.78, 5) is 2.42. The van der Waals surface area contributed by atoms with E-state index in [4.69, 9.17) is 0 Å². The summed E-state index contributed by atoms with van der Waals surface area (Å²) < 4.78 is 2.13. The van der Waals surface area contributed by atoms with E-state index in [1.165, 1.54) is 5.56 Å². The molecule has 0 bridgehead atoms. The van der Waals surface area contributed by atoms with Crippen molar-refractivity contribution in [2.75, 3.05) is 19.6 Å². The summed E-state index contributed by atoms with van der Waals surface area (Å²) in [6, 6.07) is 10.5. The van der Waals surface area contributed by atoms with Crippen LogP contribution in [0.5, 0.6) is 0 Å².